The number of carbonyl (C=O) groups is 1. The average molecular weight is 385 g/mol. The lowest BCUT2D eigenvalue weighted by molar-refractivity contribution is -0.118. The standard InChI is InChI=1S/C17H18Cl2N2O2S/c18-14-5-4-11(9-15(14)19)13(10-12-3-1-2-7-23-12)16(22)21-17-20-6-8-24-17/h4-6,8-9,12-13H,1-3,7,10H2,(H,20,21,22)/t12-,13?/m1/s1. The van der Waals surface area contributed by atoms with Gasteiger partial charge in [0.1, 0.15) is 0 Å². The van der Waals surface area contributed by atoms with Crippen LogP contribution in [0.25, 0.3) is 0 Å². The van der Waals surface area contributed by atoms with Crippen molar-refractivity contribution in [3.8, 4) is 0 Å². The molecule has 1 aliphatic heterocycles. The Morgan fingerprint density at radius 1 is 1.38 bits per heavy atom. The van der Waals surface area contributed by atoms with E-state index in [1.807, 2.05) is 11.4 Å². The van der Waals surface area contributed by atoms with Gasteiger partial charge < -0.3 is 10.1 Å². The lowest BCUT2D eigenvalue weighted by atomic mass is 9.90. The topological polar surface area (TPSA) is 51.2 Å². The number of ether oxygens (including phenoxy) is 1. The molecule has 1 amide bonds. The molecule has 3 rings (SSSR count). The number of carbonyl (C=O) groups excluding carboxylic acids is 1. The van der Waals surface area contributed by atoms with Crippen LogP contribution in [0, 0.1) is 0 Å². The van der Waals surface area contributed by atoms with Gasteiger partial charge in [0.05, 0.1) is 22.1 Å². The summed E-state index contributed by atoms with van der Waals surface area (Å²) in [5.74, 6) is -0.454. The summed E-state index contributed by atoms with van der Waals surface area (Å²) in [6.45, 7) is 0.757. The first-order valence-corrected chi connectivity index (χ1v) is 9.54. The number of aromatic nitrogens is 1. The second kappa shape index (κ2) is 8.30. The molecule has 24 heavy (non-hydrogen) atoms. The molecule has 2 aromatic rings. The van der Waals surface area contributed by atoms with Crippen LogP contribution in [0.1, 0.15) is 37.2 Å². The third-order valence-corrected chi connectivity index (χ3v) is 5.53. The predicted octanol–water partition coefficient (Wildman–Crippen LogP) is 5.13. The van der Waals surface area contributed by atoms with E-state index in [9.17, 15) is 4.79 Å². The van der Waals surface area contributed by atoms with Crippen molar-refractivity contribution in [3.05, 3.63) is 45.4 Å². The molecule has 7 heteroatoms. The Morgan fingerprint density at radius 3 is 2.92 bits per heavy atom. The molecule has 2 atom stereocenters. The SMILES string of the molecule is O=C(Nc1nccs1)C(C[C@H]1CCCCO1)c1ccc(Cl)c(Cl)c1. The molecule has 1 N–H and O–H groups in total. The van der Waals surface area contributed by atoms with E-state index in [0.717, 1.165) is 31.4 Å². The van der Waals surface area contributed by atoms with Crippen molar-refractivity contribution in [2.24, 2.45) is 0 Å². The molecule has 0 bridgehead atoms. The monoisotopic (exact) mass is 384 g/mol. The minimum atomic E-state index is -0.355. The molecular formula is C17H18Cl2N2O2S. The molecule has 4 nitrogen and oxygen atoms in total. The highest BCUT2D eigenvalue weighted by Gasteiger charge is 2.27. The molecule has 1 saturated heterocycles. The molecule has 0 spiro atoms. The largest absolute Gasteiger partial charge is 0.378 e. The summed E-state index contributed by atoms with van der Waals surface area (Å²) in [7, 11) is 0. The highest BCUT2D eigenvalue weighted by molar-refractivity contribution is 7.13. The second-order valence-electron chi connectivity index (χ2n) is 5.78. The fourth-order valence-electron chi connectivity index (χ4n) is 2.86. The Labute approximate surface area is 155 Å². The Morgan fingerprint density at radius 2 is 2.25 bits per heavy atom. The number of halogens is 2. The summed E-state index contributed by atoms with van der Waals surface area (Å²) >= 11 is 13.5. The fourth-order valence-corrected chi connectivity index (χ4v) is 3.70. The van der Waals surface area contributed by atoms with E-state index in [4.69, 9.17) is 27.9 Å². The zero-order chi connectivity index (χ0) is 16.9. The number of rotatable bonds is 5. The van der Waals surface area contributed by atoms with Gasteiger partial charge in [-0.25, -0.2) is 4.98 Å². The van der Waals surface area contributed by atoms with Gasteiger partial charge in [-0.15, -0.1) is 11.3 Å². The third-order valence-electron chi connectivity index (χ3n) is 4.10. The number of hydrogen-bond donors (Lipinski definition) is 1. The zero-order valence-electron chi connectivity index (χ0n) is 13.0. The minimum absolute atomic E-state index is 0.0836. The summed E-state index contributed by atoms with van der Waals surface area (Å²) in [6, 6.07) is 5.34. The first-order valence-electron chi connectivity index (χ1n) is 7.90. The Bertz CT molecular complexity index is 688. The van der Waals surface area contributed by atoms with Crippen molar-refractivity contribution in [1.29, 1.82) is 0 Å². The fraction of sp³-hybridized carbons (Fsp3) is 0.412. The van der Waals surface area contributed by atoms with Gasteiger partial charge in [0, 0.05) is 18.2 Å². The normalized spacial score (nSPS) is 19.0. The molecule has 0 aliphatic carbocycles. The highest BCUT2D eigenvalue weighted by atomic mass is 35.5. The van der Waals surface area contributed by atoms with Gasteiger partial charge in [-0.3, -0.25) is 4.79 Å². The van der Waals surface area contributed by atoms with Crippen molar-refractivity contribution < 1.29 is 9.53 Å². The number of anilines is 1. The third kappa shape index (κ3) is 4.48. The van der Waals surface area contributed by atoms with E-state index in [1.165, 1.54) is 11.3 Å². The van der Waals surface area contributed by atoms with E-state index in [-0.39, 0.29) is 17.9 Å². The van der Waals surface area contributed by atoms with Crippen molar-refractivity contribution in [1.82, 2.24) is 4.98 Å². The minimum Gasteiger partial charge on any atom is -0.378 e. The van der Waals surface area contributed by atoms with E-state index in [2.05, 4.69) is 10.3 Å². The van der Waals surface area contributed by atoms with Crippen molar-refractivity contribution in [3.63, 3.8) is 0 Å². The van der Waals surface area contributed by atoms with Gasteiger partial charge in [0.2, 0.25) is 5.91 Å². The van der Waals surface area contributed by atoms with Gasteiger partial charge in [-0.2, -0.15) is 0 Å². The Hall–Kier alpha value is -1.14. The quantitative estimate of drug-likeness (QED) is 0.776. The number of nitrogens with one attached hydrogen (secondary N) is 1. The van der Waals surface area contributed by atoms with Gasteiger partial charge >= 0.3 is 0 Å². The first kappa shape index (κ1) is 17.7. The zero-order valence-corrected chi connectivity index (χ0v) is 15.3. The van der Waals surface area contributed by atoms with Crippen LogP contribution in [-0.4, -0.2) is 23.6 Å². The van der Waals surface area contributed by atoms with Crippen LogP contribution in [0.4, 0.5) is 5.13 Å². The Kier molecular flexibility index (Phi) is 6.11. The van der Waals surface area contributed by atoms with E-state index >= 15 is 0 Å². The van der Waals surface area contributed by atoms with Crippen LogP contribution in [0.3, 0.4) is 0 Å². The smallest absolute Gasteiger partial charge is 0.233 e. The van der Waals surface area contributed by atoms with Crippen LogP contribution < -0.4 is 5.32 Å². The Balaban J connectivity index is 1.81. The summed E-state index contributed by atoms with van der Waals surface area (Å²) in [5.41, 5.74) is 0.840. The van der Waals surface area contributed by atoms with Crippen LogP contribution in [0.15, 0.2) is 29.8 Å². The van der Waals surface area contributed by atoms with Crippen LogP contribution in [0.2, 0.25) is 10.0 Å². The maximum Gasteiger partial charge on any atom is 0.233 e. The average Bonchev–Trinajstić information content (AvgIpc) is 3.09. The van der Waals surface area contributed by atoms with E-state index < -0.39 is 0 Å². The highest BCUT2D eigenvalue weighted by Crippen LogP contribution is 2.32. The van der Waals surface area contributed by atoms with Gasteiger partial charge in [0.15, 0.2) is 5.13 Å². The van der Waals surface area contributed by atoms with Crippen LogP contribution in [0.5, 0.6) is 0 Å². The summed E-state index contributed by atoms with van der Waals surface area (Å²) < 4.78 is 5.82. The summed E-state index contributed by atoms with van der Waals surface area (Å²) in [6.07, 6.45) is 5.56. The predicted molar refractivity (Wildman–Crippen MR) is 98.2 cm³/mol. The lowest BCUT2D eigenvalue weighted by Gasteiger charge is -2.26. The van der Waals surface area contributed by atoms with Crippen LogP contribution >= 0.6 is 34.5 Å². The van der Waals surface area contributed by atoms with Gasteiger partial charge in [-0.05, 0) is 43.4 Å². The molecule has 1 fully saturated rings. The van der Waals surface area contributed by atoms with Crippen molar-refractivity contribution in [2.45, 2.75) is 37.7 Å². The lowest BCUT2D eigenvalue weighted by Crippen LogP contribution is -2.28. The number of amides is 1. The molecule has 1 aromatic carbocycles. The van der Waals surface area contributed by atoms with E-state index in [1.54, 1.807) is 18.3 Å². The molecule has 1 unspecified atom stereocenters. The van der Waals surface area contributed by atoms with Gasteiger partial charge in [-0.1, -0.05) is 29.3 Å². The summed E-state index contributed by atoms with van der Waals surface area (Å²) in [5, 5.41) is 6.23. The van der Waals surface area contributed by atoms with Crippen molar-refractivity contribution in [2.75, 3.05) is 11.9 Å². The number of nitrogens with zero attached hydrogens (tertiary/aromatic N) is 1. The molecule has 0 radical (unpaired) electrons. The first-order chi connectivity index (χ1) is 11.6. The maximum absolute atomic E-state index is 12.8. The molecule has 2 heterocycles. The van der Waals surface area contributed by atoms with E-state index in [0.29, 0.717) is 21.6 Å². The summed E-state index contributed by atoms with van der Waals surface area (Å²) in [4.78, 5) is 16.9. The molecule has 0 saturated carbocycles. The van der Waals surface area contributed by atoms with Crippen molar-refractivity contribution >= 4 is 45.6 Å². The van der Waals surface area contributed by atoms with Crippen LogP contribution in [-0.2, 0) is 9.53 Å². The second-order valence-corrected chi connectivity index (χ2v) is 7.49. The molecular weight excluding hydrogens is 367 g/mol. The molecule has 1 aliphatic rings. The maximum atomic E-state index is 12.8. The number of thiazole rings is 1. The van der Waals surface area contributed by atoms with Gasteiger partial charge in [0.25, 0.3) is 0 Å². The number of hydrogen-bond acceptors (Lipinski definition) is 4. The molecule has 1 aromatic heterocycles. The molecule has 128 valence electrons. The number of benzene rings is 1.